The van der Waals surface area contributed by atoms with Gasteiger partial charge >= 0.3 is 0 Å². The first-order valence-electron chi connectivity index (χ1n) is 5.73. The van der Waals surface area contributed by atoms with Gasteiger partial charge in [0.1, 0.15) is 11.9 Å². The first kappa shape index (κ1) is 10.8. The number of aryl methyl sites for hydroxylation is 1. The third-order valence-corrected chi connectivity index (χ3v) is 3.47. The summed E-state index contributed by atoms with van der Waals surface area (Å²) >= 11 is 5.84. The summed E-state index contributed by atoms with van der Waals surface area (Å²) in [5.41, 5.74) is 1.73. The third kappa shape index (κ3) is 1.85. The average Bonchev–Trinajstić information content (AvgIpc) is 2.90. The van der Waals surface area contributed by atoms with Crippen molar-refractivity contribution in [2.24, 2.45) is 0 Å². The number of hydrogen-bond acceptors (Lipinski definition) is 2. The summed E-state index contributed by atoms with van der Waals surface area (Å²) in [6.07, 6.45) is 3.27. The fourth-order valence-electron chi connectivity index (χ4n) is 2.32. The Hall–Kier alpha value is -1.32. The van der Waals surface area contributed by atoms with Gasteiger partial charge in [-0.3, -0.25) is 0 Å². The number of benzene rings is 1. The molecule has 17 heavy (non-hydrogen) atoms. The lowest BCUT2D eigenvalue weighted by Gasteiger charge is -2.12. The summed E-state index contributed by atoms with van der Waals surface area (Å²) in [7, 11) is 0. The van der Waals surface area contributed by atoms with Gasteiger partial charge in [0, 0.05) is 18.0 Å². The summed E-state index contributed by atoms with van der Waals surface area (Å²) in [4.78, 5) is 4.34. The van der Waals surface area contributed by atoms with Crippen molar-refractivity contribution >= 4 is 11.6 Å². The number of hydrogen-bond donors (Lipinski definition) is 1. The van der Waals surface area contributed by atoms with E-state index in [0.29, 0.717) is 5.02 Å². The number of aliphatic hydroxyl groups is 1. The van der Waals surface area contributed by atoms with E-state index < -0.39 is 6.10 Å². The summed E-state index contributed by atoms with van der Waals surface area (Å²) < 4.78 is 2.11. The maximum Gasteiger partial charge on any atom is 0.121 e. The molecule has 1 N–H and O–H groups in total. The van der Waals surface area contributed by atoms with E-state index >= 15 is 0 Å². The lowest BCUT2D eigenvalue weighted by atomic mass is 10.1. The largest absolute Gasteiger partial charge is 0.382 e. The fraction of sp³-hybridized carbons (Fsp3) is 0.308. The van der Waals surface area contributed by atoms with Crippen molar-refractivity contribution in [3.63, 3.8) is 0 Å². The standard InChI is InChI=1S/C13H13ClN2O/c14-10-5-3-9(4-6-10)13(17)11-8-15-12-2-1-7-16(11)12/h3-6,8,13,17H,1-2,7H2. The third-order valence-electron chi connectivity index (χ3n) is 3.22. The number of aliphatic hydroxyl groups excluding tert-OH is 1. The normalized spacial score (nSPS) is 15.9. The Morgan fingerprint density at radius 2 is 2.06 bits per heavy atom. The predicted molar refractivity (Wildman–Crippen MR) is 66.1 cm³/mol. The van der Waals surface area contributed by atoms with E-state index in [1.807, 2.05) is 12.1 Å². The van der Waals surface area contributed by atoms with Crippen LogP contribution < -0.4 is 0 Å². The molecule has 88 valence electrons. The Balaban J connectivity index is 1.95. The van der Waals surface area contributed by atoms with Crippen LogP contribution in [0.25, 0.3) is 0 Å². The molecule has 3 rings (SSSR count). The molecule has 3 nitrogen and oxygen atoms in total. The van der Waals surface area contributed by atoms with Gasteiger partial charge in [-0.05, 0) is 24.1 Å². The predicted octanol–water partition coefficient (Wildman–Crippen LogP) is 2.56. The van der Waals surface area contributed by atoms with E-state index in [1.54, 1.807) is 18.3 Å². The molecule has 1 aliphatic heterocycles. The molecule has 2 aromatic rings. The van der Waals surface area contributed by atoms with E-state index in [2.05, 4.69) is 9.55 Å². The first-order chi connectivity index (χ1) is 8.25. The van der Waals surface area contributed by atoms with Gasteiger partial charge in [-0.25, -0.2) is 4.98 Å². The van der Waals surface area contributed by atoms with Gasteiger partial charge in [-0.1, -0.05) is 23.7 Å². The van der Waals surface area contributed by atoms with Crippen LogP contribution in [-0.2, 0) is 13.0 Å². The molecule has 0 fully saturated rings. The number of nitrogens with zero attached hydrogens (tertiary/aromatic N) is 2. The van der Waals surface area contributed by atoms with Crippen molar-refractivity contribution in [2.45, 2.75) is 25.5 Å². The molecule has 4 heteroatoms. The van der Waals surface area contributed by atoms with Gasteiger partial charge in [0.25, 0.3) is 0 Å². The first-order valence-corrected chi connectivity index (χ1v) is 6.11. The molecule has 1 aromatic carbocycles. The maximum atomic E-state index is 10.3. The van der Waals surface area contributed by atoms with Crippen molar-refractivity contribution in [3.8, 4) is 0 Å². The molecule has 0 bridgehead atoms. The molecule has 0 saturated carbocycles. The number of aromatic nitrogens is 2. The van der Waals surface area contributed by atoms with Crippen LogP contribution in [0.5, 0.6) is 0 Å². The Labute approximate surface area is 105 Å². The topological polar surface area (TPSA) is 38.1 Å². The smallest absolute Gasteiger partial charge is 0.121 e. The Morgan fingerprint density at radius 3 is 2.82 bits per heavy atom. The zero-order valence-corrected chi connectivity index (χ0v) is 10.1. The highest BCUT2D eigenvalue weighted by molar-refractivity contribution is 6.30. The van der Waals surface area contributed by atoms with Crippen molar-refractivity contribution < 1.29 is 5.11 Å². The van der Waals surface area contributed by atoms with Crippen LogP contribution in [0.1, 0.15) is 29.6 Å². The number of fused-ring (bicyclic) bond motifs is 1. The van der Waals surface area contributed by atoms with Crippen LogP contribution in [0.3, 0.4) is 0 Å². The van der Waals surface area contributed by atoms with Crippen LogP contribution in [-0.4, -0.2) is 14.7 Å². The molecule has 0 radical (unpaired) electrons. The molecule has 0 saturated heterocycles. The van der Waals surface area contributed by atoms with Crippen molar-refractivity contribution in [1.82, 2.24) is 9.55 Å². The number of rotatable bonds is 2. The minimum absolute atomic E-state index is 0.619. The monoisotopic (exact) mass is 248 g/mol. The number of halogens is 1. The molecule has 1 aromatic heterocycles. The molecule has 0 amide bonds. The van der Waals surface area contributed by atoms with Gasteiger partial charge in [0.15, 0.2) is 0 Å². The SMILES string of the molecule is OC(c1ccc(Cl)cc1)c1cnc2n1CCC2. The second kappa shape index (κ2) is 4.17. The van der Waals surface area contributed by atoms with Crippen molar-refractivity contribution in [2.75, 3.05) is 0 Å². The van der Waals surface area contributed by atoms with Gasteiger partial charge < -0.3 is 9.67 Å². The molecule has 1 unspecified atom stereocenters. The molecule has 1 aliphatic rings. The van der Waals surface area contributed by atoms with Crippen molar-refractivity contribution in [1.29, 1.82) is 0 Å². The summed E-state index contributed by atoms with van der Waals surface area (Å²) in [5, 5.41) is 11.0. The minimum atomic E-state index is -0.619. The second-order valence-electron chi connectivity index (χ2n) is 4.31. The van der Waals surface area contributed by atoms with E-state index in [1.165, 1.54) is 0 Å². The zero-order valence-electron chi connectivity index (χ0n) is 9.31. The summed E-state index contributed by atoms with van der Waals surface area (Å²) in [5.74, 6) is 1.08. The van der Waals surface area contributed by atoms with Gasteiger partial charge in [-0.15, -0.1) is 0 Å². The molecule has 1 atom stereocenters. The van der Waals surface area contributed by atoms with Gasteiger partial charge in [-0.2, -0.15) is 0 Å². The Kier molecular flexibility index (Phi) is 2.65. The lowest BCUT2D eigenvalue weighted by molar-refractivity contribution is 0.210. The molecular weight excluding hydrogens is 236 g/mol. The summed E-state index contributed by atoms with van der Waals surface area (Å²) in [6.45, 7) is 0.954. The highest BCUT2D eigenvalue weighted by Gasteiger charge is 2.21. The molecule has 0 aliphatic carbocycles. The molecule has 0 spiro atoms. The Morgan fingerprint density at radius 1 is 1.29 bits per heavy atom. The summed E-state index contributed by atoms with van der Waals surface area (Å²) in [6, 6.07) is 7.28. The quantitative estimate of drug-likeness (QED) is 0.887. The van der Waals surface area contributed by atoms with E-state index in [0.717, 1.165) is 36.5 Å². The van der Waals surface area contributed by atoms with Crippen LogP contribution in [0.2, 0.25) is 5.02 Å². The van der Waals surface area contributed by atoms with Crippen LogP contribution in [0.15, 0.2) is 30.5 Å². The van der Waals surface area contributed by atoms with Crippen LogP contribution in [0.4, 0.5) is 0 Å². The molecular formula is C13H13ClN2O. The average molecular weight is 249 g/mol. The van der Waals surface area contributed by atoms with Crippen molar-refractivity contribution in [3.05, 3.63) is 52.6 Å². The van der Waals surface area contributed by atoms with Gasteiger partial charge in [0.05, 0.1) is 11.9 Å². The zero-order chi connectivity index (χ0) is 11.8. The lowest BCUT2D eigenvalue weighted by Crippen LogP contribution is -2.07. The van der Waals surface area contributed by atoms with E-state index in [-0.39, 0.29) is 0 Å². The van der Waals surface area contributed by atoms with Gasteiger partial charge in [0.2, 0.25) is 0 Å². The second-order valence-corrected chi connectivity index (χ2v) is 4.75. The Bertz CT molecular complexity index is 533. The molecule has 2 heterocycles. The van der Waals surface area contributed by atoms with E-state index in [9.17, 15) is 5.11 Å². The van der Waals surface area contributed by atoms with E-state index in [4.69, 9.17) is 11.6 Å². The van der Waals surface area contributed by atoms with Crippen LogP contribution >= 0.6 is 11.6 Å². The highest BCUT2D eigenvalue weighted by atomic mass is 35.5. The fourth-order valence-corrected chi connectivity index (χ4v) is 2.44. The number of imidazole rings is 1. The maximum absolute atomic E-state index is 10.3. The minimum Gasteiger partial charge on any atom is -0.382 e. The van der Waals surface area contributed by atoms with Crippen LogP contribution in [0, 0.1) is 0 Å². The highest BCUT2D eigenvalue weighted by Crippen LogP contribution is 2.26.